The molecule has 0 aliphatic heterocycles. The van der Waals surface area contributed by atoms with Crippen LogP contribution in [0.15, 0.2) is 41.1 Å². The lowest BCUT2D eigenvalue weighted by molar-refractivity contribution is 0.584. The van der Waals surface area contributed by atoms with Crippen molar-refractivity contribution in [3.05, 3.63) is 58.1 Å². The minimum atomic E-state index is -0.278. The quantitative estimate of drug-likeness (QED) is 0.875. The number of benzene rings is 1. The Labute approximate surface area is 126 Å². The van der Waals surface area contributed by atoms with Gasteiger partial charge in [-0.1, -0.05) is 22.9 Å². The number of anilines is 1. The molecule has 3 nitrogen and oxygen atoms in total. The minimum absolute atomic E-state index is 0.171. The summed E-state index contributed by atoms with van der Waals surface area (Å²) in [6.07, 6.45) is 4.35. The average molecular weight is 338 g/mol. The summed E-state index contributed by atoms with van der Waals surface area (Å²) < 4.78 is 14.3. The Balaban J connectivity index is 2.44. The highest BCUT2D eigenvalue weighted by molar-refractivity contribution is 9.10. The lowest BCUT2D eigenvalue weighted by Gasteiger charge is -2.21. The maximum atomic E-state index is 13.6. The highest BCUT2D eigenvalue weighted by Gasteiger charge is 2.17. The molecule has 1 atom stereocenters. The van der Waals surface area contributed by atoms with Gasteiger partial charge in [0.1, 0.15) is 5.82 Å². The van der Waals surface area contributed by atoms with Gasteiger partial charge < -0.3 is 11.1 Å². The molecule has 2 aromatic rings. The Bertz CT molecular complexity index is 569. The van der Waals surface area contributed by atoms with Crippen LogP contribution in [0, 0.1) is 5.82 Å². The molecular weight excluding hydrogens is 321 g/mol. The molecule has 0 amide bonds. The number of nitrogens with two attached hydrogens (primary N) is 1. The minimum Gasteiger partial charge on any atom is -0.398 e. The summed E-state index contributed by atoms with van der Waals surface area (Å²) in [5.41, 5.74) is 8.35. The smallest absolute Gasteiger partial charge is 0.124 e. The van der Waals surface area contributed by atoms with Gasteiger partial charge in [0, 0.05) is 28.1 Å². The molecule has 0 aliphatic rings. The fourth-order valence-electron chi connectivity index (χ4n) is 2.10. The maximum Gasteiger partial charge on any atom is 0.124 e. The van der Waals surface area contributed by atoms with Gasteiger partial charge >= 0.3 is 0 Å². The van der Waals surface area contributed by atoms with Gasteiger partial charge in [0.05, 0.1) is 6.04 Å². The van der Waals surface area contributed by atoms with Gasteiger partial charge in [-0.05, 0) is 42.8 Å². The van der Waals surface area contributed by atoms with Gasteiger partial charge in [-0.2, -0.15) is 0 Å². The van der Waals surface area contributed by atoms with Crippen LogP contribution < -0.4 is 11.1 Å². The molecule has 1 aromatic carbocycles. The third-order valence-electron chi connectivity index (χ3n) is 3.01. The standard InChI is InChI=1S/C15H17BrFN3/c1-2-4-20-15(13-9-19-5-3-14(13)18)10-6-11(16)8-12(17)7-10/h3,5-9,15,20H,2,4H2,1H3,(H2,18,19). The Morgan fingerprint density at radius 1 is 1.40 bits per heavy atom. The molecule has 0 fully saturated rings. The first-order chi connectivity index (χ1) is 9.61. The SMILES string of the molecule is CCCNC(c1cc(F)cc(Br)c1)c1cnccc1N. The summed E-state index contributed by atoms with van der Waals surface area (Å²) in [5.74, 6) is -0.278. The van der Waals surface area contributed by atoms with E-state index in [2.05, 4.69) is 33.2 Å². The van der Waals surface area contributed by atoms with Crippen molar-refractivity contribution in [1.29, 1.82) is 0 Å². The predicted octanol–water partition coefficient (Wildman–Crippen LogP) is 3.65. The zero-order valence-electron chi connectivity index (χ0n) is 11.2. The molecule has 0 aliphatic carbocycles. The number of hydrogen-bond acceptors (Lipinski definition) is 3. The Hall–Kier alpha value is -1.46. The first kappa shape index (κ1) is 14.9. The summed E-state index contributed by atoms with van der Waals surface area (Å²) in [6.45, 7) is 2.89. The van der Waals surface area contributed by atoms with E-state index in [1.54, 1.807) is 18.5 Å². The van der Waals surface area contributed by atoms with E-state index in [4.69, 9.17) is 5.73 Å². The molecular formula is C15H17BrFN3. The number of pyridine rings is 1. The fourth-order valence-corrected chi connectivity index (χ4v) is 2.58. The molecule has 2 rings (SSSR count). The number of nitrogen functional groups attached to an aromatic ring is 1. The molecule has 0 bridgehead atoms. The van der Waals surface area contributed by atoms with Gasteiger partial charge in [-0.25, -0.2) is 4.39 Å². The van der Waals surface area contributed by atoms with Crippen LogP contribution in [0.1, 0.15) is 30.5 Å². The van der Waals surface area contributed by atoms with Crippen LogP contribution in [0.2, 0.25) is 0 Å². The van der Waals surface area contributed by atoms with E-state index in [1.165, 1.54) is 12.1 Å². The van der Waals surface area contributed by atoms with Crippen LogP contribution in [-0.2, 0) is 0 Å². The van der Waals surface area contributed by atoms with E-state index in [0.717, 1.165) is 24.1 Å². The van der Waals surface area contributed by atoms with Crippen molar-refractivity contribution in [2.45, 2.75) is 19.4 Å². The Kier molecular flexibility index (Phi) is 5.09. The molecule has 0 saturated heterocycles. The number of rotatable bonds is 5. The van der Waals surface area contributed by atoms with Crippen LogP contribution in [-0.4, -0.2) is 11.5 Å². The van der Waals surface area contributed by atoms with Crippen molar-refractivity contribution in [2.75, 3.05) is 12.3 Å². The number of halogens is 2. The van der Waals surface area contributed by atoms with E-state index in [0.29, 0.717) is 10.2 Å². The lowest BCUT2D eigenvalue weighted by Crippen LogP contribution is -2.24. The van der Waals surface area contributed by atoms with Gasteiger partial charge in [0.25, 0.3) is 0 Å². The van der Waals surface area contributed by atoms with Gasteiger partial charge in [-0.15, -0.1) is 0 Å². The van der Waals surface area contributed by atoms with Crippen LogP contribution >= 0.6 is 15.9 Å². The van der Waals surface area contributed by atoms with E-state index < -0.39 is 0 Å². The maximum absolute atomic E-state index is 13.6. The normalized spacial score (nSPS) is 12.3. The van der Waals surface area contributed by atoms with Gasteiger partial charge in [0.2, 0.25) is 0 Å². The van der Waals surface area contributed by atoms with Crippen LogP contribution in [0.3, 0.4) is 0 Å². The Morgan fingerprint density at radius 2 is 2.20 bits per heavy atom. The highest BCUT2D eigenvalue weighted by atomic mass is 79.9. The monoisotopic (exact) mass is 337 g/mol. The van der Waals surface area contributed by atoms with Crippen LogP contribution in [0.4, 0.5) is 10.1 Å². The summed E-state index contributed by atoms with van der Waals surface area (Å²) in [4.78, 5) is 4.12. The lowest BCUT2D eigenvalue weighted by atomic mass is 9.98. The summed E-state index contributed by atoms with van der Waals surface area (Å²) >= 11 is 3.33. The second kappa shape index (κ2) is 6.81. The van der Waals surface area contributed by atoms with E-state index >= 15 is 0 Å². The number of aromatic nitrogens is 1. The van der Waals surface area contributed by atoms with E-state index in [-0.39, 0.29) is 11.9 Å². The molecule has 5 heteroatoms. The summed E-state index contributed by atoms with van der Waals surface area (Å²) in [6, 6.07) is 6.43. The second-order valence-corrected chi connectivity index (χ2v) is 5.51. The summed E-state index contributed by atoms with van der Waals surface area (Å²) in [5, 5.41) is 3.39. The van der Waals surface area contributed by atoms with Crippen LogP contribution in [0.5, 0.6) is 0 Å². The molecule has 1 heterocycles. The van der Waals surface area contributed by atoms with Crippen molar-refractivity contribution in [3.63, 3.8) is 0 Å². The van der Waals surface area contributed by atoms with E-state index in [9.17, 15) is 4.39 Å². The van der Waals surface area contributed by atoms with Crippen LogP contribution in [0.25, 0.3) is 0 Å². The van der Waals surface area contributed by atoms with Crippen molar-refractivity contribution < 1.29 is 4.39 Å². The summed E-state index contributed by atoms with van der Waals surface area (Å²) in [7, 11) is 0. The van der Waals surface area contributed by atoms with Crippen molar-refractivity contribution in [2.24, 2.45) is 0 Å². The first-order valence-corrected chi connectivity index (χ1v) is 7.30. The predicted molar refractivity (Wildman–Crippen MR) is 82.9 cm³/mol. The molecule has 106 valence electrons. The first-order valence-electron chi connectivity index (χ1n) is 6.50. The molecule has 0 spiro atoms. The average Bonchev–Trinajstić information content (AvgIpc) is 2.40. The molecule has 0 radical (unpaired) electrons. The van der Waals surface area contributed by atoms with E-state index in [1.807, 2.05) is 6.07 Å². The topological polar surface area (TPSA) is 50.9 Å². The second-order valence-electron chi connectivity index (χ2n) is 4.59. The Morgan fingerprint density at radius 3 is 2.85 bits per heavy atom. The number of hydrogen-bond donors (Lipinski definition) is 2. The van der Waals surface area contributed by atoms with Crippen molar-refractivity contribution in [3.8, 4) is 0 Å². The number of nitrogens with one attached hydrogen (secondary N) is 1. The molecule has 20 heavy (non-hydrogen) atoms. The molecule has 3 N–H and O–H groups in total. The van der Waals surface area contributed by atoms with Crippen molar-refractivity contribution >= 4 is 21.6 Å². The zero-order chi connectivity index (χ0) is 14.5. The molecule has 0 saturated carbocycles. The third kappa shape index (κ3) is 3.55. The molecule has 1 unspecified atom stereocenters. The van der Waals surface area contributed by atoms with Gasteiger partial charge in [-0.3, -0.25) is 4.98 Å². The molecule has 1 aromatic heterocycles. The van der Waals surface area contributed by atoms with Crippen molar-refractivity contribution in [1.82, 2.24) is 10.3 Å². The fraction of sp³-hybridized carbons (Fsp3) is 0.267. The largest absolute Gasteiger partial charge is 0.398 e. The third-order valence-corrected chi connectivity index (χ3v) is 3.47. The van der Waals surface area contributed by atoms with Gasteiger partial charge in [0.15, 0.2) is 0 Å². The highest BCUT2D eigenvalue weighted by Crippen LogP contribution is 2.28. The number of nitrogens with zero attached hydrogens (tertiary/aromatic N) is 1. The zero-order valence-corrected chi connectivity index (χ0v) is 12.8.